The highest BCUT2D eigenvalue weighted by molar-refractivity contribution is 8.09. The van der Waals surface area contributed by atoms with E-state index in [0.717, 1.165) is 4.90 Å². The molecule has 5 nitrogen and oxygen atoms in total. The lowest BCUT2D eigenvalue weighted by molar-refractivity contribution is 0.174. The lowest BCUT2D eigenvalue weighted by Gasteiger charge is -2.06. The molecule has 1 atom stereocenters. The van der Waals surface area contributed by atoms with Gasteiger partial charge in [0, 0.05) is 4.90 Å². The van der Waals surface area contributed by atoms with Gasteiger partial charge in [-0.3, -0.25) is 4.99 Å². The van der Waals surface area contributed by atoms with E-state index in [4.69, 9.17) is 14.0 Å². The minimum absolute atomic E-state index is 0.0855. The molecule has 0 bridgehead atoms. The summed E-state index contributed by atoms with van der Waals surface area (Å²) in [6.45, 7) is 3.62. The number of rotatable bonds is 4. The van der Waals surface area contributed by atoms with Gasteiger partial charge < -0.3 is 14.0 Å². The summed E-state index contributed by atoms with van der Waals surface area (Å²) in [6, 6.07) is 3.52. The number of hydrogen-bond acceptors (Lipinski definition) is 5. The standard InChI is InChI=1S/C9H9NO4S2/c1-10-8-7(15-5-16(11)12)3-2-6-9(8)14-4-13-6/h2-3H,1,4-5H2,(H,11,12). The lowest BCUT2D eigenvalue weighted by Crippen LogP contribution is -1.93. The Morgan fingerprint density at radius 1 is 1.56 bits per heavy atom. The second-order valence-corrected chi connectivity index (χ2v) is 5.20. The van der Waals surface area contributed by atoms with Crippen LogP contribution in [-0.4, -0.2) is 27.4 Å². The molecule has 0 aromatic heterocycles. The third-order valence-corrected chi connectivity index (χ3v) is 3.87. The first-order chi connectivity index (χ1) is 7.72. The first-order valence-corrected chi connectivity index (χ1v) is 6.58. The van der Waals surface area contributed by atoms with Gasteiger partial charge in [-0.05, 0) is 18.9 Å². The minimum Gasteiger partial charge on any atom is -0.454 e. The van der Waals surface area contributed by atoms with Crippen molar-refractivity contribution in [3.05, 3.63) is 12.1 Å². The number of hydrogen-bond donors (Lipinski definition) is 1. The van der Waals surface area contributed by atoms with Crippen LogP contribution >= 0.6 is 11.8 Å². The second-order valence-electron chi connectivity index (χ2n) is 2.89. The molecule has 0 aliphatic carbocycles. The molecular weight excluding hydrogens is 250 g/mol. The summed E-state index contributed by atoms with van der Waals surface area (Å²) in [5.74, 6) is 1.17. The van der Waals surface area contributed by atoms with Crippen LogP contribution in [0.4, 0.5) is 5.69 Å². The predicted molar refractivity (Wildman–Crippen MR) is 63.3 cm³/mol. The van der Waals surface area contributed by atoms with Crippen molar-refractivity contribution in [3.63, 3.8) is 0 Å². The van der Waals surface area contributed by atoms with Crippen LogP contribution in [-0.2, 0) is 11.1 Å². The van der Waals surface area contributed by atoms with Crippen molar-refractivity contribution in [1.29, 1.82) is 0 Å². The molecule has 0 saturated carbocycles. The Kier molecular flexibility index (Phi) is 3.47. The Morgan fingerprint density at radius 2 is 2.38 bits per heavy atom. The molecule has 0 fully saturated rings. The van der Waals surface area contributed by atoms with Crippen LogP contribution in [0.1, 0.15) is 0 Å². The highest BCUT2D eigenvalue weighted by Gasteiger charge is 2.20. The van der Waals surface area contributed by atoms with Crippen molar-refractivity contribution >= 4 is 35.2 Å². The second kappa shape index (κ2) is 4.86. The maximum absolute atomic E-state index is 10.6. The third kappa shape index (κ3) is 2.21. The molecule has 86 valence electrons. The van der Waals surface area contributed by atoms with E-state index in [1.165, 1.54) is 11.8 Å². The zero-order chi connectivity index (χ0) is 11.5. The van der Waals surface area contributed by atoms with E-state index < -0.39 is 11.1 Å². The fraction of sp³-hybridized carbons (Fsp3) is 0.222. The predicted octanol–water partition coefficient (Wildman–Crippen LogP) is 2.02. The maximum atomic E-state index is 10.6. The van der Waals surface area contributed by atoms with Gasteiger partial charge in [0.2, 0.25) is 6.79 Å². The minimum atomic E-state index is -1.85. The average molecular weight is 259 g/mol. The van der Waals surface area contributed by atoms with E-state index in [0.29, 0.717) is 17.2 Å². The highest BCUT2D eigenvalue weighted by atomic mass is 32.2. The van der Waals surface area contributed by atoms with Crippen molar-refractivity contribution in [2.24, 2.45) is 4.99 Å². The Balaban J connectivity index is 2.31. The molecule has 0 amide bonds. The van der Waals surface area contributed by atoms with E-state index in [-0.39, 0.29) is 11.9 Å². The third-order valence-electron chi connectivity index (χ3n) is 1.95. The monoisotopic (exact) mass is 259 g/mol. The molecule has 1 aliphatic rings. The van der Waals surface area contributed by atoms with E-state index in [2.05, 4.69) is 11.7 Å². The molecule has 0 saturated heterocycles. The summed E-state index contributed by atoms with van der Waals surface area (Å²) in [7, 11) is 0. The van der Waals surface area contributed by atoms with E-state index in [1.54, 1.807) is 12.1 Å². The molecule has 16 heavy (non-hydrogen) atoms. The number of benzene rings is 1. The first-order valence-electron chi connectivity index (χ1n) is 4.32. The van der Waals surface area contributed by atoms with Gasteiger partial charge in [-0.15, -0.1) is 11.8 Å². The van der Waals surface area contributed by atoms with Crippen LogP contribution < -0.4 is 9.47 Å². The fourth-order valence-corrected chi connectivity index (χ4v) is 2.69. The van der Waals surface area contributed by atoms with Crippen molar-refractivity contribution in [1.82, 2.24) is 0 Å². The van der Waals surface area contributed by atoms with Gasteiger partial charge in [-0.2, -0.15) is 0 Å². The summed E-state index contributed by atoms with van der Waals surface area (Å²) in [6.07, 6.45) is 0. The molecule has 1 N–H and O–H groups in total. The molecule has 1 aromatic rings. The summed E-state index contributed by atoms with van der Waals surface area (Å²) in [4.78, 5) is 4.62. The zero-order valence-electron chi connectivity index (χ0n) is 8.21. The van der Waals surface area contributed by atoms with Gasteiger partial charge in [0.15, 0.2) is 22.6 Å². The van der Waals surface area contributed by atoms with Crippen molar-refractivity contribution < 1.29 is 18.2 Å². The lowest BCUT2D eigenvalue weighted by atomic mass is 10.3. The summed E-state index contributed by atoms with van der Waals surface area (Å²) < 4.78 is 29.8. The SMILES string of the molecule is C=Nc1c(SCS(=O)O)ccc2c1OCO2. The fourth-order valence-electron chi connectivity index (χ4n) is 1.32. The molecule has 1 unspecified atom stereocenters. The summed E-state index contributed by atoms with van der Waals surface area (Å²) in [5.41, 5.74) is 0.561. The van der Waals surface area contributed by atoms with Gasteiger partial charge in [0.1, 0.15) is 5.69 Å². The number of aliphatic imine (C=N–C) groups is 1. The van der Waals surface area contributed by atoms with Gasteiger partial charge in [-0.25, -0.2) is 4.21 Å². The van der Waals surface area contributed by atoms with Gasteiger partial charge in [-0.1, -0.05) is 0 Å². The van der Waals surface area contributed by atoms with Gasteiger partial charge in [0.05, 0.1) is 5.08 Å². The Morgan fingerprint density at radius 3 is 3.06 bits per heavy atom. The average Bonchev–Trinajstić information content (AvgIpc) is 2.73. The molecule has 2 rings (SSSR count). The molecule has 1 aromatic carbocycles. The van der Waals surface area contributed by atoms with Crippen LogP contribution in [0.25, 0.3) is 0 Å². The van der Waals surface area contributed by atoms with Crippen molar-refractivity contribution in [2.75, 3.05) is 11.9 Å². The summed E-state index contributed by atoms with van der Waals surface area (Å²) >= 11 is -0.619. The van der Waals surface area contributed by atoms with Crippen LogP contribution in [0.5, 0.6) is 11.5 Å². The topological polar surface area (TPSA) is 68.1 Å². The normalized spacial score (nSPS) is 14.8. The maximum Gasteiger partial charge on any atom is 0.231 e. The van der Waals surface area contributed by atoms with Crippen LogP contribution in [0.15, 0.2) is 22.0 Å². The van der Waals surface area contributed by atoms with Gasteiger partial charge in [0.25, 0.3) is 0 Å². The van der Waals surface area contributed by atoms with Crippen LogP contribution in [0.3, 0.4) is 0 Å². The quantitative estimate of drug-likeness (QED) is 0.509. The smallest absolute Gasteiger partial charge is 0.231 e. The van der Waals surface area contributed by atoms with Gasteiger partial charge >= 0.3 is 0 Å². The number of thioether (sulfide) groups is 1. The zero-order valence-corrected chi connectivity index (χ0v) is 9.84. The van der Waals surface area contributed by atoms with Crippen LogP contribution in [0.2, 0.25) is 0 Å². The largest absolute Gasteiger partial charge is 0.454 e. The Bertz CT molecular complexity index is 449. The van der Waals surface area contributed by atoms with E-state index in [1.807, 2.05) is 0 Å². The number of nitrogens with zero attached hydrogens (tertiary/aromatic N) is 1. The highest BCUT2D eigenvalue weighted by Crippen LogP contribution is 2.46. The number of fused-ring (bicyclic) bond motifs is 1. The Labute approximate surface area is 99.1 Å². The van der Waals surface area contributed by atoms with E-state index in [9.17, 15) is 4.21 Å². The number of ether oxygens (including phenoxy) is 2. The van der Waals surface area contributed by atoms with Crippen molar-refractivity contribution in [3.8, 4) is 11.5 Å². The molecule has 0 spiro atoms. The first kappa shape index (κ1) is 11.4. The molecule has 1 aliphatic heterocycles. The van der Waals surface area contributed by atoms with E-state index >= 15 is 0 Å². The molecule has 7 heteroatoms. The summed E-state index contributed by atoms with van der Waals surface area (Å²) in [5, 5.41) is 0.0855. The molecular formula is C9H9NO4S2. The molecule has 1 heterocycles. The Hall–Kier alpha value is -1.05. The van der Waals surface area contributed by atoms with Crippen LogP contribution in [0, 0.1) is 0 Å². The molecule has 0 radical (unpaired) electrons. The van der Waals surface area contributed by atoms with Crippen molar-refractivity contribution in [2.45, 2.75) is 4.90 Å².